The summed E-state index contributed by atoms with van der Waals surface area (Å²) in [7, 11) is 0. The number of nitrogens with zero attached hydrogens (tertiary/aromatic N) is 4. The number of hydrogen-bond donors (Lipinski definition) is 1. The maximum Gasteiger partial charge on any atom is 0.410 e. The Morgan fingerprint density at radius 1 is 1.26 bits per heavy atom. The second-order valence-corrected chi connectivity index (χ2v) is 8.75. The van der Waals surface area contributed by atoms with Gasteiger partial charge in [-0.25, -0.2) is 4.79 Å². The number of hydrogen-bond acceptors (Lipinski definition) is 6. The van der Waals surface area contributed by atoms with Crippen LogP contribution in [0.5, 0.6) is 0 Å². The highest BCUT2D eigenvalue weighted by Gasteiger charge is 2.31. The van der Waals surface area contributed by atoms with E-state index in [4.69, 9.17) is 27.9 Å². The smallest absolute Gasteiger partial charge is 0.410 e. The molecule has 3 rings (SSSR count). The maximum absolute atomic E-state index is 12.3. The molecule has 27 heavy (non-hydrogen) atoms. The molecule has 1 atom stereocenters. The van der Waals surface area contributed by atoms with Gasteiger partial charge < -0.3 is 15.1 Å². The topological polar surface area (TPSA) is 79.7 Å². The number of halogens is 2. The second-order valence-electron chi connectivity index (χ2n) is 8.04. The molecule has 1 unspecified atom stereocenters. The van der Waals surface area contributed by atoms with Crippen LogP contribution in [0.1, 0.15) is 63.5 Å². The molecule has 0 aromatic carbocycles. The van der Waals surface area contributed by atoms with Crippen molar-refractivity contribution in [3.63, 3.8) is 0 Å². The number of aromatic nitrogens is 2. The van der Waals surface area contributed by atoms with Crippen molar-refractivity contribution in [1.82, 2.24) is 20.5 Å². The Kier molecular flexibility index (Phi) is 6.11. The van der Waals surface area contributed by atoms with E-state index in [1.54, 1.807) is 11.1 Å². The highest BCUT2D eigenvalue weighted by Crippen LogP contribution is 2.44. The number of amides is 1. The monoisotopic (exact) mass is 413 g/mol. The second kappa shape index (κ2) is 8.19. The van der Waals surface area contributed by atoms with Crippen LogP contribution in [0.15, 0.2) is 5.10 Å². The van der Waals surface area contributed by atoms with Crippen molar-refractivity contribution < 1.29 is 9.53 Å². The summed E-state index contributed by atoms with van der Waals surface area (Å²) in [5, 5.41) is 12.8. The van der Waals surface area contributed by atoms with Crippen LogP contribution in [-0.4, -0.2) is 52.1 Å². The van der Waals surface area contributed by atoms with Gasteiger partial charge in [0.05, 0.1) is 12.3 Å². The molecule has 2 aliphatic rings. The number of carbonyl (C=O) groups is 1. The summed E-state index contributed by atoms with van der Waals surface area (Å²) < 4.78 is 5.45. The third-order valence-electron chi connectivity index (χ3n) is 4.47. The molecule has 2 fully saturated rings. The average molecular weight is 414 g/mol. The van der Waals surface area contributed by atoms with E-state index in [-0.39, 0.29) is 12.1 Å². The summed E-state index contributed by atoms with van der Waals surface area (Å²) in [4.78, 5) is 14.0. The zero-order chi connectivity index (χ0) is 19.6. The van der Waals surface area contributed by atoms with E-state index in [9.17, 15) is 4.79 Å². The first-order chi connectivity index (χ1) is 12.7. The maximum atomic E-state index is 12.3. The molecule has 0 bridgehead atoms. The predicted octanol–water partition coefficient (Wildman–Crippen LogP) is 3.98. The molecule has 1 saturated carbocycles. The van der Waals surface area contributed by atoms with Gasteiger partial charge in [-0.2, -0.15) is 5.10 Å². The fourth-order valence-electron chi connectivity index (χ4n) is 3.08. The molecule has 1 aliphatic heterocycles. The summed E-state index contributed by atoms with van der Waals surface area (Å²) in [6.07, 6.45) is 5.33. The molecule has 0 radical (unpaired) electrons. The molecule has 1 aromatic heterocycles. The van der Waals surface area contributed by atoms with Gasteiger partial charge in [0.1, 0.15) is 5.60 Å². The Bertz CT molecular complexity index is 731. The van der Waals surface area contributed by atoms with Gasteiger partial charge in [0.15, 0.2) is 10.3 Å². The van der Waals surface area contributed by atoms with Crippen molar-refractivity contribution in [3.05, 3.63) is 21.4 Å². The quantitative estimate of drug-likeness (QED) is 0.596. The van der Waals surface area contributed by atoms with Crippen molar-refractivity contribution in [2.24, 2.45) is 5.10 Å². The highest BCUT2D eigenvalue weighted by atomic mass is 35.5. The Balaban J connectivity index is 1.62. The fraction of sp³-hybridized carbons (Fsp3) is 0.667. The molecule has 1 aromatic rings. The van der Waals surface area contributed by atoms with Gasteiger partial charge in [-0.05, 0) is 52.4 Å². The van der Waals surface area contributed by atoms with Gasteiger partial charge >= 0.3 is 6.09 Å². The molecular weight excluding hydrogens is 389 g/mol. The van der Waals surface area contributed by atoms with Crippen LogP contribution in [0.2, 0.25) is 10.3 Å². The van der Waals surface area contributed by atoms with Gasteiger partial charge in [0.2, 0.25) is 0 Å². The van der Waals surface area contributed by atoms with Crippen LogP contribution in [0.4, 0.5) is 4.79 Å². The number of carbonyl (C=O) groups excluding carboxylic acids is 1. The van der Waals surface area contributed by atoms with Crippen LogP contribution in [0.25, 0.3) is 0 Å². The first-order valence-electron chi connectivity index (χ1n) is 9.22. The zero-order valence-corrected chi connectivity index (χ0v) is 17.3. The first kappa shape index (κ1) is 20.1. The minimum absolute atomic E-state index is 0.0518. The lowest BCUT2D eigenvalue weighted by Gasteiger charge is -2.33. The predicted molar refractivity (Wildman–Crippen MR) is 106 cm³/mol. The van der Waals surface area contributed by atoms with Crippen molar-refractivity contribution in [3.8, 4) is 0 Å². The lowest BCUT2D eigenvalue weighted by Crippen LogP contribution is -2.48. The zero-order valence-electron chi connectivity index (χ0n) is 15.8. The van der Waals surface area contributed by atoms with E-state index in [0.29, 0.717) is 34.9 Å². The molecular formula is C18H25Cl2N5O2. The van der Waals surface area contributed by atoms with Crippen LogP contribution < -0.4 is 5.43 Å². The number of ether oxygens (including phenoxy) is 1. The lowest BCUT2D eigenvalue weighted by atomic mass is 10.1. The standard InChI is InChI=1S/C18H25Cl2N5O2/c1-18(2,3)27-17(26)25-8-4-5-12(10-25)22-21-9-13-14(11-6-7-11)16(20)24-23-15(13)19/h9,11-12,22H,4-8,10H2,1-3H3/b21-9+. The largest absolute Gasteiger partial charge is 0.444 e. The molecule has 7 nitrogen and oxygen atoms in total. The minimum atomic E-state index is -0.501. The fourth-order valence-corrected chi connectivity index (χ4v) is 3.57. The Hall–Kier alpha value is -1.60. The summed E-state index contributed by atoms with van der Waals surface area (Å²) in [5.41, 5.74) is 4.25. The molecule has 1 aliphatic carbocycles. The van der Waals surface area contributed by atoms with Gasteiger partial charge in [0.25, 0.3) is 0 Å². The molecule has 0 spiro atoms. The number of nitrogens with one attached hydrogen (secondary N) is 1. The molecule has 1 N–H and O–H groups in total. The van der Waals surface area contributed by atoms with E-state index < -0.39 is 5.60 Å². The van der Waals surface area contributed by atoms with Crippen LogP contribution in [-0.2, 0) is 4.74 Å². The van der Waals surface area contributed by atoms with Crippen LogP contribution in [0.3, 0.4) is 0 Å². The normalized spacial score (nSPS) is 20.8. The van der Waals surface area contributed by atoms with Crippen molar-refractivity contribution in [1.29, 1.82) is 0 Å². The van der Waals surface area contributed by atoms with Crippen molar-refractivity contribution in [2.45, 2.75) is 64.0 Å². The number of hydrazone groups is 1. The number of piperidine rings is 1. The van der Waals surface area contributed by atoms with E-state index >= 15 is 0 Å². The third-order valence-corrected chi connectivity index (χ3v) is 5.03. The van der Waals surface area contributed by atoms with E-state index in [1.165, 1.54) is 0 Å². The van der Waals surface area contributed by atoms with E-state index in [2.05, 4.69) is 20.7 Å². The highest BCUT2D eigenvalue weighted by molar-refractivity contribution is 6.34. The van der Waals surface area contributed by atoms with Gasteiger partial charge in [0, 0.05) is 24.2 Å². The Labute approximate surface area is 169 Å². The average Bonchev–Trinajstić information content (AvgIpc) is 3.41. The van der Waals surface area contributed by atoms with E-state index in [0.717, 1.165) is 31.2 Å². The molecule has 2 heterocycles. The number of likely N-dealkylation sites (tertiary alicyclic amines) is 1. The molecule has 148 valence electrons. The summed E-state index contributed by atoms with van der Waals surface area (Å²) in [6, 6.07) is 0.0518. The van der Waals surface area contributed by atoms with Crippen LogP contribution >= 0.6 is 23.2 Å². The molecule has 9 heteroatoms. The first-order valence-corrected chi connectivity index (χ1v) is 9.98. The Morgan fingerprint density at radius 3 is 2.63 bits per heavy atom. The minimum Gasteiger partial charge on any atom is -0.444 e. The SMILES string of the molecule is CC(C)(C)OC(=O)N1CCCC(N/N=C/c2c(Cl)nnc(Cl)c2C2CC2)C1. The van der Waals surface area contributed by atoms with Gasteiger partial charge in [-0.15, -0.1) is 10.2 Å². The summed E-state index contributed by atoms with van der Waals surface area (Å²) >= 11 is 12.4. The van der Waals surface area contributed by atoms with E-state index in [1.807, 2.05) is 20.8 Å². The summed E-state index contributed by atoms with van der Waals surface area (Å²) in [6.45, 7) is 6.83. The molecule has 1 amide bonds. The molecule has 1 saturated heterocycles. The third kappa shape index (κ3) is 5.45. The van der Waals surface area contributed by atoms with Gasteiger partial charge in [-0.1, -0.05) is 23.2 Å². The Morgan fingerprint density at radius 2 is 1.96 bits per heavy atom. The van der Waals surface area contributed by atoms with Gasteiger partial charge in [-0.3, -0.25) is 0 Å². The number of rotatable bonds is 4. The summed E-state index contributed by atoms with van der Waals surface area (Å²) in [5.74, 6) is 0.379. The van der Waals surface area contributed by atoms with Crippen molar-refractivity contribution in [2.75, 3.05) is 13.1 Å². The lowest BCUT2D eigenvalue weighted by molar-refractivity contribution is 0.0188. The van der Waals surface area contributed by atoms with Crippen LogP contribution in [0, 0.1) is 0 Å². The van der Waals surface area contributed by atoms with Crippen molar-refractivity contribution >= 4 is 35.5 Å².